The third-order valence-electron chi connectivity index (χ3n) is 2.12. The quantitative estimate of drug-likeness (QED) is 0.870. The van der Waals surface area contributed by atoms with Gasteiger partial charge in [-0.15, -0.1) is 0 Å². The van der Waals surface area contributed by atoms with E-state index in [0.717, 1.165) is 5.56 Å². The molecule has 0 bridgehead atoms. The largest absolute Gasteiger partial charge is 0.382 e. The van der Waals surface area contributed by atoms with Gasteiger partial charge in [0.25, 0.3) is 0 Å². The first-order valence-electron chi connectivity index (χ1n) is 4.87. The molecule has 0 aliphatic rings. The Labute approximate surface area is 106 Å². The minimum atomic E-state index is -0.177. The van der Waals surface area contributed by atoms with Gasteiger partial charge in [-0.1, -0.05) is 6.07 Å². The minimum absolute atomic E-state index is 0.141. The maximum absolute atomic E-state index is 12.0. The number of halogens is 1. The highest BCUT2D eigenvalue weighted by Crippen LogP contribution is 2.13. The highest BCUT2D eigenvalue weighted by Gasteiger charge is 2.13. The van der Waals surface area contributed by atoms with E-state index in [9.17, 15) is 4.79 Å². The first kappa shape index (κ1) is 11.7. The van der Waals surface area contributed by atoms with E-state index >= 15 is 0 Å². The fourth-order valence-corrected chi connectivity index (χ4v) is 1.63. The summed E-state index contributed by atoms with van der Waals surface area (Å²) < 4.78 is 0.487. The normalized spacial score (nSPS) is 10.2. The maximum Gasteiger partial charge on any atom is 0.189 e. The molecule has 0 saturated carbocycles. The number of carbonyl (C=O) groups excluding carboxylic acids is 1. The Morgan fingerprint density at radius 3 is 2.94 bits per heavy atom. The number of Topliss-reactive ketones (excluding diaryl/α,β-unsaturated/α-hetero) is 1. The average Bonchev–Trinajstić information content (AvgIpc) is 2.33. The van der Waals surface area contributed by atoms with Gasteiger partial charge in [-0.2, -0.15) is 0 Å². The smallest absolute Gasteiger partial charge is 0.189 e. The zero-order chi connectivity index (χ0) is 12.3. The average molecular weight is 293 g/mol. The van der Waals surface area contributed by atoms with Gasteiger partial charge in [-0.25, -0.2) is 9.97 Å². The van der Waals surface area contributed by atoms with E-state index in [2.05, 4.69) is 30.9 Å². The fraction of sp³-hybridized carbons (Fsp3) is 0.0909. The molecule has 2 aromatic heterocycles. The molecule has 0 aromatic carbocycles. The Kier molecular flexibility index (Phi) is 3.43. The summed E-state index contributed by atoms with van der Waals surface area (Å²) in [7, 11) is 0. The van der Waals surface area contributed by atoms with Gasteiger partial charge < -0.3 is 5.73 Å². The number of nitrogen functional groups attached to an aromatic ring is 1. The molecule has 0 unspecified atom stereocenters. The molecule has 5 nitrogen and oxygen atoms in total. The Balaban J connectivity index is 2.23. The summed E-state index contributed by atoms with van der Waals surface area (Å²) in [6.45, 7) is 0. The predicted octanol–water partition coefficient (Wildman–Crippen LogP) is 1.64. The van der Waals surface area contributed by atoms with Crippen LogP contribution in [0, 0.1) is 0 Å². The first-order chi connectivity index (χ1) is 8.16. The molecule has 0 aliphatic heterocycles. The van der Waals surface area contributed by atoms with Crippen LogP contribution in [-0.4, -0.2) is 20.7 Å². The van der Waals surface area contributed by atoms with Crippen LogP contribution in [0.4, 0.5) is 5.82 Å². The SMILES string of the molecule is Nc1ncc(Br)nc1C(=O)Cc1cccnc1. The van der Waals surface area contributed by atoms with E-state index in [1.165, 1.54) is 6.20 Å². The van der Waals surface area contributed by atoms with Crippen molar-refractivity contribution >= 4 is 27.5 Å². The predicted molar refractivity (Wildman–Crippen MR) is 66.4 cm³/mol. The lowest BCUT2D eigenvalue weighted by Gasteiger charge is -2.03. The molecule has 0 atom stereocenters. The van der Waals surface area contributed by atoms with E-state index in [1.54, 1.807) is 18.5 Å². The van der Waals surface area contributed by atoms with Crippen LogP contribution < -0.4 is 5.73 Å². The van der Waals surface area contributed by atoms with Crippen molar-refractivity contribution in [2.75, 3.05) is 5.73 Å². The Hall–Kier alpha value is -1.82. The summed E-state index contributed by atoms with van der Waals surface area (Å²) in [5, 5.41) is 0. The van der Waals surface area contributed by atoms with E-state index in [1.807, 2.05) is 6.07 Å². The van der Waals surface area contributed by atoms with Crippen LogP contribution in [0.2, 0.25) is 0 Å². The van der Waals surface area contributed by atoms with Crippen LogP contribution >= 0.6 is 15.9 Å². The molecular formula is C11H9BrN4O. The lowest BCUT2D eigenvalue weighted by Crippen LogP contribution is -2.11. The molecule has 17 heavy (non-hydrogen) atoms. The number of aromatic nitrogens is 3. The standard InChI is InChI=1S/C11H9BrN4O/c12-9-6-15-11(13)10(16-9)8(17)4-7-2-1-3-14-5-7/h1-3,5-6H,4H2,(H2,13,15). The van der Waals surface area contributed by atoms with E-state index in [0.29, 0.717) is 4.60 Å². The molecular weight excluding hydrogens is 284 g/mol. The van der Waals surface area contributed by atoms with Gasteiger partial charge >= 0.3 is 0 Å². The molecule has 86 valence electrons. The third kappa shape index (κ3) is 2.85. The molecule has 2 N–H and O–H groups in total. The minimum Gasteiger partial charge on any atom is -0.382 e. The third-order valence-corrected chi connectivity index (χ3v) is 2.51. The van der Waals surface area contributed by atoms with Crippen LogP contribution in [0.15, 0.2) is 35.3 Å². The number of nitrogens with two attached hydrogens (primary N) is 1. The van der Waals surface area contributed by atoms with Crippen molar-refractivity contribution in [2.45, 2.75) is 6.42 Å². The Morgan fingerprint density at radius 2 is 2.24 bits per heavy atom. The molecule has 2 aromatic rings. The summed E-state index contributed by atoms with van der Waals surface area (Å²) in [5.74, 6) is -0.0357. The Morgan fingerprint density at radius 1 is 1.41 bits per heavy atom. The maximum atomic E-state index is 12.0. The molecule has 0 spiro atoms. The van der Waals surface area contributed by atoms with Crippen molar-refractivity contribution < 1.29 is 4.79 Å². The van der Waals surface area contributed by atoms with Crippen molar-refractivity contribution in [3.05, 3.63) is 46.6 Å². The highest BCUT2D eigenvalue weighted by molar-refractivity contribution is 9.10. The van der Waals surface area contributed by atoms with Crippen molar-refractivity contribution in [1.82, 2.24) is 15.0 Å². The number of rotatable bonds is 3. The van der Waals surface area contributed by atoms with E-state index in [4.69, 9.17) is 5.73 Å². The zero-order valence-corrected chi connectivity index (χ0v) is 10.4. The fourth-order valence-electron chi connectivity index (χ4n) is 1.35. The lowest BCUT2D eigenvalue weighted by molar-refractivity contribution is 0.0988. The molecule has 0 aliphatic carbocycles. The first-order valence-corrected chi connectivity index (χ1v) is 5.66. The Bertz CT molecular complexity index is 544. The second-order valence-electron chi connectivity index (χ2n) is 3.39. The second-order valence-corrected chi connectivity index (χ2v) is 4.20. The molecule has 6 heteroatoms. The zero-order valence-electron chi connectivity index (χ0n) is 8.80. The van der Waals surface area contributed by atoms with Gasteiger partial charge in [0, 0.05) is 18.8 Å². The lowest BCUT2D eigenvalue weighted by atomic mass is 10.1. The second kappa shape index (κ2) is 5.01. The number of hydrogen-bond acceptors (Lipinski definition) is 5. The van der Waals surface area contributed by atoms with Gasteiger partial charge in [0.15, 0.2) is 11.6 Å². The molecule has 0 radical (unpaired) electrons. The van der Waals surface area contributed by atoms with Crippen LogP contribution in [0.5, 0.6) is 0 Å². The van der Waals surface area contributed by atoms with Gasteiger partial charge in [0.1, 0.15) is 10.3 Å². The molecule has 2 rings (SSSR count). The van der Waals surface area contributed by atoms with Gasteiger partial charge in [0.2, 0.25) is 0 Å². The van der Waals surface area contributed by atoms with Gasteiger partial charge in [-0.3, -0.25) is 9.78 Å². The highest BCUT2D eigenvalue weighted by atomic mass is 79.9. The van der Waals surface area contributed by atoms with E-state index in [-0.39, 0.29) is 23.7 Å². The molecule has 0 fully saturated rings. The number of anilines is 1. The van der Waals surface area contributed by atoms with Crippen LogP contribution in [0.25, 0.3) is 0 Å². The summed E-state index contributed by atoms with van der Waals surface area (Å²) in [5.41, 5.74) is 6.61. The van der Waals surface area contributed by atoms with Gasteiger partial charge in [-0.05, 0) is 27.6 Å². The monoisotopic (exact) mass is 292 g/mol. The summed E-state index contributed by atoms with van der Waals surface area (Å²) in [4.78, 5) is 23.8. The number of ketones is 1. The molecule has 0 amide bonds. The van der Waals surface area contributed by atoms with Crippen molar-refractivity contribution in [3.63, 3.8) is 0 Å². The number of pyridine rings is 1. The van der Waals surface area contributed by atoms with Gasteiger partial charge in [0.05, 0.1) is 6.20 Å². The summed E-state index contributed by atoms with van der Waals surface area (Å²) >= 11 is 3.16. The van der Waals surface area contributed by atoms with Crippen LogP contribution in [0.1, 0.15) is 16.1 Å². The van der Waals surface area contributed by atoms with Crippen molar-refractivity contribution in [2.24, 2.45) is 0 Å². The van der Waals surface area contributed by atoms with Crippen molar-refractivity contribution in [3.8, 4) is 0 Å². The van der Waals surface area contributed by atoms with Crippen molar-refractivity contribution in [1.29, 1.82) is 0 Å². The number of hydrogen-bond donors (Lipinski definition) is 1. The molecule has 0 saturated heterocycles. The van der Waals surface area contributed by atoms with Crippen LogP contribution in [0.3, 0.4) is 0 Å². The number of nitrogens with zero attached hydrogens (tertiary/aromatic N) is 3. The van der Waals surface area contributed by atoms with Crippen LogP contribution in [-0.2, 0) is 6.42 Å². The van der Waals surface area contributed by atoms with E-state index < -0.39 is 0 Å². The molecule has 2 heterocycles. The number of carbonyl (C=O) groups is 1. The summed E-state index contributed by atoms with van der Waals surface area (Å²) in [6, 6.07) is 3.60. The topological polar surface area (TPSA) is 81.8 Å². The summed E-state index contributed by atoms with van der Waals surface area (Å²) in [6.07, 6.45) is 4.96.